The molecule has 146 valence electrons. The van der Waals surface area contributed by atoms with Crippen molar-refractivity contribution in [2.75, 3.05) is 27.6 Å². The lowest BCUT2D eigenvalue weighted by atomic mass is 10.2. The molecule has 2 aliphatic heterocycles. The Labute approximate surface area is 164 Å². The summed E-state index contributed by atoms with van der Waals surface area (Å²) in [4.78, 5) is 27.3. The van der Waals surface area contributed by atoms with Crippen LogP contribution in [0.5, 0.6) is 0 Å². The number of hydrogen-bond donors (Lipinski definition) is 1. The van der Waals surface area contributed by atoms with Crippen LogP contribution in [-0.2, 0) is 19.6 Å². The molecule has 0 atom stereocenters. The molecule has 8 heteroatoms. The molecule has 4 rings (SSSR count). The molecule has 2 aromatic carbocycles. The highest BCUT2D eigenvalue weighted by Crippen LogP contribution is 2.31. The van der Waals surface area contributed by atoms with Crippen LogP contribution < -0.4 is 14.5 Å². The molecule has 1 N–H and O–H groups in total. The molecule has 2 heterocycles. The molecule has 0 bridgehead atoms. The maximum Gasteiger partial charge on any atom is 0.261 e. The highest BCUT2D eigenvalue weighted by atomic mass is 32.2. The zero-order valence-electron chi connectivity index (χ0n) is 15.3. The van der Waals surface area contributed by atoms with E-state index in [1.165, 1.54) is 12.1 Å². The van der Waals surface area contributed by atoms with Crippen molar-refractivity contribution in [1.82, 2.24) is 0 Å². The van der Waals surface area contributed by atoms with Gasteiger partial charge in [-0.1, -0.05) is 12.1 Å². The topological polar surface area (TPSA) is 86.8 Å². The summed E-state index contributed by atoms with van der Waals surface area (Å²) in [6, 6.07) is 13.2. The number of sulfonamides is 1. The number of carbonyl (C=O) groups is 2. The van der Waals surface area contributed by atoms with Crippen molar-refractivity contribution in [2.45, 2.75) is 30.6 Å². The Kier molecular flexibility index (Phi) is 4.80. The Morgan fingerprint density at radius 3 is 2.00 bits per heavy atom. The van der Waals surface area contributed by atoms with Crippen LogP contribution >= 0.6 is 0 Å². The van der Waals surface area contributed by atoms with Crippen molar-refractivity contribution in [3.8, 4) is 0 Å². The normalized spacial score (nSPS) is 17.4. The Bertz CT molecular complexity index is 1020. The van der Waals surface area contributed by atoms with Gasteiger partial charge in [-0.2, -0.15) is 0 Å². The average Bonchev–Trinajstić information content (AvgIpc) is 3.30. The summed E-state index contributed by atoms with van der Waals surface area (Å²) < 4.78 is 28.3. The van der Waals surface area contributed by atoms with E-state index in [0.717, 1.165) is 12.8 Å². The van der Waals surface area contributed by atoms with Gasteiger partial charge in [0.05, 0.1) is 16.3 Å². The van der Waals surface area contributed by atoms with Gasteiger partial charge in [-0.25, -0.2) is 8.42 Å². The van der Waals surface area contributed by atoms with Gasteiger partial charge in [-0.15, -0.1) is 0 Å². The van der Waals surface area contributed by atoms with E-state index in [2.05, 4.69) is 4.72 Å². The van der Waals surface area contributed by atoms with E-state index in [-0.39, 0.29) is 16.7 Å². The third kappa shape index (κ3) is 3.47. The predicted molar refractivity (Wildman–Crippen MR) is 107 cm³/mol. The van der Waals surface area contributed by atoms with Crippen LogP contribution in [0.15, 0.2) is 53.4 Å². The number of rotatable bonds is 5. The number of benzene rings is 2. The van der Waals surface area contributed by atoms with Crippen LogP contribution in [0.2, 0.25) is 0 Å². The van der Waals surface area contributed by atoms with Crippen LogP contribution in [-0.4, -0.2) is 33.3 Å². The maximum atomic E-state index is 12.9. The van der Waals surface area contributed by atoms with Crippen molar-refractivity contribution in [3.63, 3.8) is 0 Å². The van der Waals surface area contributed by atoms with Crippen LogP contribution in [0.25, 0.3) is 0 Å². The molecule has 0 saturated carbocycles. The SMILES string of the molecule is O=C1CCCN1c1ccc(S(=O)(=O)Nc2ccccc2N2CCCC2=O)cc1. The van der Waals surface area contributed by atoms with E-state index in [1.54, 1.807) is 46.2 Å². The summed E-state index contributed by atoms with van der Waals surface area (Å²) in [7, 11) is -3.83. The smallest absolute Gasteiger partial charge is 0.261 e. The Balaban J connectivity index is 1.58. The standard InChI is InChI=1S/C20H21N3O4S/c24-19-7-3-13-22(19)15-9-11-16(12-10-15)28(26,27)21-17-5-1-2-6-18(17)23-14-4-8-20(23)25/h1-2,5-6,9-12,21H,3-4,7-8,13-14H2. The summed E-state index contributed by atoms with van der Waals surface area (Å²) in [6.07, 6.45) is 2.56. The van der Waals surface area contributed by atoms with Crippen LogP contribution in [0, 0.1) is 0 Å². The van der Waals surface area contributed by atoms with E-state index < -0.39 is 10.0 Å². The first-order chi connectivity index (χ1) is 13.5. The molecule has 2 saturated heterocycles. The summed E-state index contributed by atoms with van der Waals surface area (Å²) in [5.41, 5.74) is 1.63. The van der Waals surface area contributed by atoms with E-state index in [9.17, 15) is 18.0 Å². The first-order valence-corrected chi connectivity index (χ1v) is 10.8. The molecular weight excluding hydrogens is 378 g/mol. The number of carbonyl (C=O) groups excluding carboxylic acids is 2. The average molecular weight is 399 g/mol. The van der Waals surface area contributed by atoms with Gasteiger partial charge < -0.3 is 9.80 Å². The lowest BCUT2D eigenvalue weighted by Crippen LogP contribution is -2.25. The van der Waals surface area contributed by atoms with Gasteiger partial charge in [0.1, 0.15) is 0 Å². The summed E-state index contributed by atoms with van der Waals surface area (Å²) in [5, 5.41) is 0. The van der Waals surface area contributed by atoms with Crippen LogP contribution in [0.1, 0.15) is 25.7 Å². The molecule has 7 nitrogen and oxygen atoms in total. The second-order valence-corrected chi connectivity index (χ2v) is 8.60. The highest BCUT2D eigenvalue weighted by Gasteiger charge is 2.26. The van der Waals surface area contributed by atoms with Crippen molar-refractivity contribution in [3.05, 3.63) is 48.5 Å². The third-order valence-electron chi connectivity index (χ3n) is 5.04. The predicted octanol–water partition coefficient (Wildman–Crippen LogP) is 2.74. The van der Waals surface area contributed by atoms with Gasteiger partial charge in [0.15, 0.2) is 0 Å². The van der Waals surface area contributed by atoms with Gasteiger partial charge in [-0.3, -0.25) is 14.3 Å². The van der Waals surface area contributed by atoms with E-state index >= 15 is 0 Å². The monoisotopic (exact) mass is 399 g/mol. The fraction of sp³-hybridized carbons (Fsp3) is 0.300. The minimum absolute atomic E-state index is 0.00807. The van der Waals surface area contributed by atoms with Gasteiger partial charge >= 0.3 is 0 Å². The van der Waals surface area contributed by atoms with Gasteiger partial charge in [0.2, 0.25) is 11.8 Å². The summed E-state index contributed by atoms with van der Waals surface area (Å²) >= 11 is 0. The summed E-state index contributed by atoms with van der Waals surface area (Å²) in [6.45, 7) is 1.23. The first kappa shape index (κ1) is 18.5. The van der Waals surface area contributed by atoms with Crippen molar-refractivity contribution in [1.29, 1.82) is 0 Å². The largest absolute Gasteiger partial charge is 0.312 e. The number of amides is 2. The van der Waals surface area contributed by atoms with E-state index in [4.69, 9.17) is 0 Å². The molecule has 0 spiro atoms. The van der Waals surface area contributed by atoms with Gasteiger partial charge in [0.25, 0.3) is 10.0 Å². The van der Waals surface area contributed by atoms with Crippen LogP contribution in [0.3, 0.4) is 0 Å². The molecule has 2 aromatic rings. The molecule has 2 aliphatic rings. The molecule has 2 fully saturated rings. The highest BCUT2D eigenvalue weighted by molar-refractivity contribution is 7.92. The lowest BCUT2D eigenvalue weighted by Gasteiger charge is -2.20. The second kappa shape index (κ2) is 7.27. The summed E-state index contributed by atoms with van der Waals surface area (Å²) in [5.74, 6) is 0.0456. The second-order valence-electron chi connectivity index (χ2n) is 6.91. The van der Waals surface area contributed by atoms with Crippen molar-refractivity contribution in [2.24, 2.45) is 0 Å². The van der Waals surface area contributed by atoms with Crippen molar-refractivity contribution >= 4 is 38.9 Å². The molecule has 2 amide bonds. The van der Waals surface area contributed by atoms with Gasteiger partial charge in [-0.05, 0) is 49.2 Å². The molecule has 28 heavy (non-hydrogen) atoms. The lowest BCUT2D eigenvalue weighted by molar-refractivity contribution is -0.117. The molecule has 0 radical (unpaired) electrons. The third-order valence-corrected chi connectivity index (χ3v) is 6.43. The van der Waals surface area contributed by atoms with Crippen molar-refractivity contribution < 1.29 is 18.0 Å². The fourth-order valence-corrected chi connectivity index (χ4v) is 4.70. The maximum absolute atomic E-state index is 12.9. The molecule has 0 aromatic heterocycles. The molecule has 0 unspecified atom stereocenters. The zero-order valence-corrected chi connectivity index (χ0v) is 16.1. The number of nitrogens with zero attached hydrogens (tertiary/aromatic N) is 2. The number of anilines is 3. The quantitative estimate of drug-likeness (QED) is 0.838. The number of para-hydroxylation sites is 2. The Morgan fingerprint density at radius 2 is 1.39 bits per heavy atom. The minimum Gasteiger partial charge on any atom is -0.312 e. The van der Waals surface area contributed by atoms with Crippen LogP contribution in [0.4, 0.5) is 17.1 Å². The Hall–Kier alpha value is -2.87. The zero-order chi connectivity index (χ0) is 19.7. The molecular formula is C20H21N3O4S. The number of nitrogens with one attached hydrogen (secondary N) is 1. The molecule has 0 aliphatic carbocycles. The van der Waals surface area contributed by atoms with E-state index in [1.807, 2.05) is 0 Å². The Morgan fingerprint density at radius 1 is 0.786 bits per heavy atom. The van der Waals surface area contributed by atoms with Gasteiger partial charge in [0, 0.05) is 31.6 Å². The fourth-order valence-electron chi connectivity index (χ4n) is 3.63. The van der Waals surface area contributed by atoms with E-state index in [0.29, 0.717) is 43.0 Å². The minimum atomic E-state index is -3.83. The number of hydrogen-bond acceptors (Lipinski definition) is 4. The first-order valence-electron chi connectivity index (χ1n) is 9.28.